The van der Waals surface area contributed by atoms with Crippen molar-refractivity contribution in [2.75, 3.05) is 6.54 Å². The predicted octanol–water partition coefficient (Wildman–Crippen LogP) is 3.80. The van der Waals surface area contributed by atoms with Gasteiger partial charge in [-0.1, -0.05) is 27.2 Å². The van der Waals surface area contributed by atoms with Gasteiger partial charge in [0.1, 0.15) is 0 Å². The van der Waals surface area contributed by atoms with Gasteiger partial charge in [0.25, 0.3) is 0 Å². The summed E-state index contributed by atoms with van der Waals surface area (Å²) in [5, 5.41) is 3.59. The Kier molecular flexibility index (Phi) is 4.27. The number of nitrogens with one attached hydrogen (secondary N) is 1. The average molecular weight is 235 g/mol. The van der Waals surface area contributed by atoms with Crippen molar-refractivity contribution in [3.63, 3.8) is 0 Å². The van der Waals surface area contributed by atoms with E-state index in [0.29, 0.717) is 12.0 Å². The van der Waals surface area contributed by atoms with Crippen LogP contribution in [0.2, 0.25) is 0 Å². The van der Waals surface area contributed by atoms with Crippen LogP contribution in [0.25, 0.3) is 0 Å². The van der Waals surface area contributed by atoms with Crippen LogP contribution in [0.4, 0.5) is 0 Å². The Balaban J connectivity index is 2.01. The fourth-order valence-electron chi connectivity index (χ4n) is 2.97. The molecule has 17 heavy (non-hydrogen) atoms. The highest BCUT2D eigenvalue weighted by Crippen LogP contribution is 2.40. The van der Waals surface area contributed by atoms with E-state index < -0.39 is 0 Å². The molecule has 0 amide bonds. The second kappa shape index (κ2) is 5.72. The molecule has 1 aliphatic carbocycles. The molecule has 1 aliphatic rings. The molecular formula is C15H25NO. The average Bonchev–Trinajstić information content (AvgIpc) is 2.80. The first kappa shape index (κ1) is 12.7. The van der Waals surface area contributed by atoms with Gasteiger partial charge in [-0.15, -0.1) is 0 Å². The minimum absolute atomic E-state index is 0.583. The standard InChI is InChI=1S/C15H25NO/c1-11(2)16-9-13-5-4-12(3)8-15(13)14-6-7-17-10-14/h6-7,10-13,15-16H,4-5,8-9H2,1-3H3. The van der Waals surface area contributed by atoms with Gasteiger partial charge in [-0.3, -0.25) is 0 Å². The van der Waals surface area contributed by atoms with Gasteiger partial charge < -0.3 is 9.73 Å². The van der Waals surface area contributed by atoms with E-state index in [-0.39, 0.29) is 0 Å². The molecule has 0 radical (unpaired) electrons. The van der Waals surface area contributed by atoms with Crippen molar-refractivity contribution in [2.24, 2.45) is 11.8 Å². The van der Waals surface area contributed by atoms with Crippen LogP contribution in [0.3, 0.4) is 0 Å². The maximum atomic E-state index is 5.26. The van der Waals surface area contributed by atoms with Gasteiger partial charge in [-0.05, 0) is 48.8 Å². The summed E-state index contributed by atoms with van der Waals surface area (Å²) in [4.78, 5) is 0. The van der Waals surface area contributed by atoms with Gasteiger partial charge in [0.2, 0.25) is 0 Å². The van der Waals surface area contributed by atoms with Gasteiger partial charge in [0.15, 0.2) is 0 Å². The van der Waals surface area contributed by atoms with E-state index in [1.54, 1.807) is 0 Å². The third kappa shape index (κ3) is 3.35. The lowest BCUT2D eigenvalue weighted by atomic mass is 9.72. The highest BCUT2D eigenvalue weighted by atomic mass is 16.3. The van der Waals surface area contributed by atoms with Gasteiger partial charge >= 0.3 is 0 Å². The van der Waals surface area contributed by atoms with Crippen molar-refractivity contribution in [1.82, 2.24) is 5.32 Å². The number of furan rings is 1. The van der Waals surface area contributed by atoms with E-state index >= 15 is 0 Å². The lowest BCUT2D eigenvalue weighted by Gasteiger charge is -2.35. The molecule has 2 heteroatoms. The predicted molar refractivity (Wildman–Crippen MR) is 71.1 cm³/mol. The normalized spacial score (nSPS) is 29.8. The second-order valence-electron chi connectivity index (χ2n) is 5.90. The molecule has 0 saturated heterocycles. The molecule has 1 aromatic heterocycles. The quantitative estimate of drug-likeness (QED) is 0.858. The SMILES string of the molecule is CC1CCC(CNC(C)C)C(c2ccoc2)C1. The summed E-state index contributed by atoms with van der Waals surface area (Å²) in [5.41, 5.74) is 1.40. The Morgan fingerprint density at radius 3 is 2.88 bits per heavy atom. The second-order valence-corrected chi connectivity index (χ2v) is 5.90. The molecule has 1 N–H and O–H groups in total. The summed E-state index contributed by atoms with van der Waals surface area (Å²) >= 11 is 0. The van der Waals surface area contributed by atoms with Crippen molar-refractivity contribution in [3.8, 4) is 0 Å². The molecule has 1 saturated carbocycles. The van der Waals surface area contributed by atoms with Crippen molar-refractivity contribution < 1.29 is 4.42 Å². The van der Waals surface area contributed by atoms with E-state index in [0.717, 1.165) is 18.4 Å². The van der Waals surface area contributed by atoms with Crippen molar-refractivity contribution in [1.29, 1.82) is 0 Å². The lowest BCUT2D eigenvalue weighted by Crippen LogP contribution is -2.34. The zero-order chi connectivity index (χ0) is 12.3. The molecule has 1 aromatic rings. The van der Waals surface area contributed by atoms with Crippen LogP contribution in [0, 0.1) is 11.8 Å². The third-order valence-corrected chi connectivity index (χ3v) is 4.02. The van der Waals surface area contributed by atoms with E-state index in [1.807, 2.05) is 12.5 Å². The van der Waals surface area contributed by atoms with Gasteiger partial charge in [-0.2, -0.15) is 0 Å². The van der Waals surface area contributed by atoms with E-state index in [2.05, 4.69) is 32.2 Å². The molecule has 0 aliphatic heterocycles. The fourth-order valence-corrected chi connectivity index (χ4v) is 2.97. The Morgan fingerprint density at radius 2 is 2.24 bits per heavy atom. The Labute approximate surface area is 105 Å². The fraction of sp³-hybridized carbons (Fsp3) is 0.733. The molecule has 0 bridgehead atoms. The zero-order valence-electron chi connectivity index (χ0n) is 11.3. The summed E-state index contributed by atoms with van der Waals surface area (Å²) in [6, 6.07) is 2.73. The van der Waals surface area contributed by atoms with Gasteiger partial charge in [0, 0.05) is 6.04 Å². The van der Waals surface area contributed by atoms with Crippen LogP contribution in [-0.4, -0.2) is 12.6 Å². The Bertz CT molecular complexity index is 318. The summed E-state index contributed by atoms with van der Waals surface area (Å²) in [5.74, 6) is 2.31. The summed E-state index contributed by atoms with van der Waals surface area (Å²) in [6.07, 6.45) is 7.77. The van der Waals surface area contributed by atoms with Crippen molar-refractivity contribution >= 4 is 0 Å². The molecule has 96 valence electrons. The van der Waals surface area contributed by atoms with Crippen LogP contribution in [0.1, 0.15) is 51.5 Å². The molecule has 0 spiro atoms. The molecule has 1 heterocycles. The smallest absolute Gasteiger partial charge is 0.0937 e. The first-order chi connectivity index (χ1) is 8.16. The topological polar surface area (TPSA) is 25.2 Å². The number of hydrogen-bond donors (Lipinski definition) is 1. The van der Waals surface area contributed by atoms with Crippen LogP contribution in [0.15, 0.2) is 23.0 Å². The van der Waals surface area contributed by atoms with Crippen LogP contribution in [0.5, 0.6) is 0 Å². The minimum Gasteiger partial charge on any atom is -0.472 e. The Morgan fingerprint density at radius 1 is 1.41 bits per heavy atom. The van der Waals surface area contributed by atoms with Gasteiger partial charge in [-0.25, -0.2) is 0 Å². The lowest BCUT2D eigenvalue weighted by molar-refractivity contribution is 0.237. The van der Waals surface area contributed by atoms with Crippen LogP contribution < -0.4 is 5.32 Å². The molecule has 2 nitrogen and oxygen atoms in total. The minimum atomic E-state index is 0.583. The third-order valence-electron chi connectivity index (χ3n) is 4.02. The summed E-state index contributed by atoms with van der Waals surface area (Å²) < 4.78 is 5.26. The molecule has 3 unspecified atom stereocenters. The Hall–Kier alpha value is -0.760. The summed E-state index contributed by atoms with van der Waals surface area (Å²) in [6.45, 7) is 7.95. The molecular weight excluding hydrogens is 210 g/mol. The number of hydrogen-bond acceptors (Lipinski definition) is 2. The zero-order valence-corrected chi connectivity index (χ0v) is 11.3. The first-order valence-corrected chi connectivity index (χ1v) is 6.92. The molecule has 2 rings (SSSR count). The van der Waals surface area contributed by atoms with Crippen molar-refractivity contribution in [3.05, 3.63) is 24.2 Å². The highest BCUT2D eigenvalue weighted by molar-refractivity contribution is 5.15. The van der Waals surface area contributed by atoms with Crippen molar-refractivity contribution in [2.45, 2.75) is 52.0 Å². The van der Waals surface area contributed by atoms with Gasteiger partial charge in [0.05, 0.1) is 12.5 Å². The first-order valence-electron chi connectivity index (χ1n) is 6.92. The summed E-state index contributed by atoms with van der Waals surface area (Å²) in [7, 11) is 0. The maximum absolute atomic E-state index is 5.26. The monoisotopic (exact) mass is 235 g/mol. The van der Waals surface area contributed by atoms with E-state index in [4.69, 9.17) is 4.42 Å². The van der Waals surface area contributed by atoms with Crippen LogP contribution >= 0.6 is 0 Å². The number of rotatable bonds is 4. The molecule has 3 atom stereocenters. The maximum Gasteiger partial charge on any atom is 0.0937 e. The highest BCUT2D eigenvalue weighted by Gasteiger charge is 2.30. The van der Waals surface area contributed by atoms with E-state index in [1.165, 1.54) is 24.8 Å². The van der Waals surface area contributed by atoms with Crippen LogP contribution in [-0.2, 0) is 0 Å². The van der Waals surface area contributed by atoms with E-state index in [9.17, 15) is 0 Å². The largest absolute Gasteiger partial charge is 0.472 e. The molecule has 1 fully saturated rings. The molecule has 0 aromatic carbocycles.